The number of nitrogens with one attached hydrogen (secondary N) is 1. The lowest BCUT2D eigenvalue weighted by Gasteiger charge is -2.17. The van der Waals surface area contributed by atoms with Crippen LogP contribution in [-0.2, 0) is 28.7 Å². The van der Waals surface area contributed by atoms with Crippen LogP contribution in [-0.4, -0.2) is 54.2 Å². The van der Waals surface area contributed by atoms with Crippen molar-refractivity contribution in [2.45, 2.75) is 38.8 Å². The molecule has 2 atom stereocenters. The molecule has 2 unspecified atom stereocenters. The Hall–Kier alpha value is -2.16. The van der Waals surface area contributed by atoms with Crippen LogP contribution >= 0.6 is 0 Å². The highest BCUT2D eigenvalue weighted by atomic mass is 16.5. The minimum atomic E-state index is -1.39. The van der Waals surface area contributed by atoms with Crippen LogP contribution in [0.4, 0.5) is 0 Å². The van der Waals surface area contributed by atoms with Crippen LogP contribution in [0.25, 0.3) is 0 Å². The first-order chi connectivity index (χ1) is 9.81. The molecule has 0 fully saturated rings. The summed E-state index contributed by atoms with van der Waals surface area (Å²) in [6.07, 6.45) is -0.922. The van der Waals surface area contributed by atoms with E-state index in [0.717, 1.165) is 0 Å². The third-order valence-electron chi connectivity index (χ3n) is 2.30. The molecule has 0 spiro atoms. The number of esters is 2. The average molecular weight is 304 g/mol. The van der Waals surface area contributed by atoms with E-state index >= 15 is 0 Å². The van der Waals surface area contributed by atoms with Crippen LogP contribution in [0.3, 0.4) is 0 Å². The zero-order chi connectivity index (χ0) is 16.4. The lowest BCUT2D eigenvalue weighted by atomic mass is 10.1. The van der Waals surface area contributed by atoms with E-state index in [4.69, 9.17) is 15.6 Å². The number of carboxylic acid groups (broad SMARTS) is 1. The highest BCUT2D eigenvalue weighted by Gasteiger charge is 2.27. The second-order valence-electron chi connectivity index (χ2n) is 4.03. The Bertz CT molecular complexity index is 397. The summed E-state index contributed by atoms with van der Waals surface area (Å²) in [5.74, 6) is -3.60. The molecule has 0 aliphatic rings. The minimum absolute atomic E-state index is 0.0721. The molecule has 0 aromatic carbocycles. The first kappa shape index (κ1) is 18.8. The van der Waals surface area contributed by atoms with Crippen LogP contribution in [0.1, 0.15) is 26.7 Å². The zero-order valence-electron chi connectivity index (χ0n) is 12.0. The third-order valence-corrected chi connectivity index (χ3v) is 2.30. The van der Waals surface area contributed by atoms with Crippen molar-refractivity contribution in [2.75, 3.05) is 13.2 Å². The molecule has 0 radical (unpaired) electrons. The van der Waals surface area contributed by atoms with Gasteiger partial charge in [0.25, 0.3) is 0 Å². The maximum Gasteiger partial charge on any atom is 0.329 e. The van der Waals surface area contributed by atoms with Crippen LogP contribution < -0.4 is 11.1 Å². The second kappa shape index (κ2) is 9.70. The Morgan fingerprint density at radius 3 is 2.14 bits per heavy atom. The molecule has 9 heteroatoms. The van der Waals surface area contributed by atoms with Gasteiger partial charge in [0.05, 0.1) is 26.1 Å². The molecule has 9 nitrogen and oxygen atoms in total. The van der Waals surface area contributed by atoms with E-state index in [2.05, 4.69) is 10.1 Å². The average Bonchev–Trinajstić information content (AvgIpc) is 2.38. The number of hydrogen-bond donors (Lipinski definition) is 3. The van der Waals surface area contributed by atoms with E-state index in [1.165, 1.54) is 0 Å². The topological polar surface area (TPSA) is 145 Å². The molecule has 0 heterocycles. The fourth-order valence-electron chi connectivity index (χ4n) is 1.36. The summed E-state index contributed by atoms with van der Waals surface area (Å²) in [7, 11) is 0. The summed E-state index contributed by atoms with van der Waals surface area (Å²) >= 11 is 0. The number of carbonyl (C=O) groups excluding carboxylic acids is 3. The fourth-order valence-corrected chi connectivity index (χ4v) is 1.36. The standard InChI is InChI=1S/C12H20N2O7/c1-3-20-10(16)6-8(12(19)21-4-2)14-9(15)5-7(13)11(17)18/h7-8H,3-6,13H2,1-2H3,(H,14,15)(H,17,18). The number of ether oxygens (including phenoxy) is 2. The predicted octanol–water partition coefficient (Wildman–Crippen LogP) is -1.21. The summed E-state index contributed by atoms with van der Waals surface area (Å²) in [6.45, 7) is 3.37. The summed E-state index contributed by atoms with van der Waals surface area (Å²) in [4.78, 5) is 45.2. The number of carboxylic acids is 1. The van der Waals surface area contributed by atoms with Crippen LogP contribution in [0, 0.1) is 0 Å². The molecule has 0 saturated carbocycles. The minimum Gasteiger partial charge on any atom is -0.480 e. The smallest absolute Gasteiger partial charge is 0.329 e. The van der Waals surface area contributed by atoms with E-state index in [-0.39, 0.29) is 13.2 Å². The number of nitrogens with two attached hydrogens (primary N) is 1. The maximum absolute atomic E-state index is 11.6. The molecule has 120 valence electrons. The predicted molar refractivity (Wildman–Crippen MR) is 70.0 cm³/mol. The van der Waals surface area contributed by atoms with Crippen molar-refractivity contribution >= 4 is 23.8 Å². The lowest BCUT2D eigenvalue weighted by molar-refractivity contribution is -0.153. The van der Waals surface area contributed by atoms with Gasteiger partial charge in [0, 0.05) is 0 Å². The van der Waals surface area contributed by atoms with Crippen molar-refractivity contribution in [2.24, 2.45) is 5.73 Å². The SMILES string of the molecule is CCOC(=O)CC(NC(=O)CC(N)C(=O)O)C(=O)OCC. The van der Waals surface area contributed by atoms with Gasteiger partial charge in [0.2, 0.25) is 5.91 Å². The number of amides is 1. The Labute approximate surface area is 121 Å². The molecule has 0 saturated heterocycles. The summed E-state index contributed by atoms with van der Waals surface area (Å²) < 4.78 is 9.41. The van der Waals surface area contributed by atoms with E-state index in [9.17, 15) is 19.2 Å². The summed E-state index contributed by atoms with van der Waals surface area (Å²) in [5.41, 5.74) is 5.21. The molecule has 0 aliphatic carbocycles. The monoisotopic (exact) mass is 304 g/mol. The molecule has 4 N–H and O–H groups in total. The van der Waals surface area contributed by atoms with Gasteiger partial charge < -0.3 is 25.6 Å². The van der Waals surface area contributed by atoms with Crippen molar-refractivity contribution < 1.29 is 33.8 Å². The lowest BCUT2D eigenvalue weighted by Crippen LogP contribution is -2.46. The quantitative estimate of drug-likeness (QED) is 0.450. The molecule has 0 rings (SSSR count). The largest absolute Gasteiger partial charge is 0.480 e. The van der Waals surface area contributed by atoms with Crippen molar-refractivity contribution in [3.8, 4) is 0 Å². The molecule has 0 bridgehead atoms. The Balaban J connectivity index is 4.65. The van der Waals surface area contributed by atoms with Crippen molar-refractivity contribution in [1.82, 2.24) is 5.32 Å². The number of aliphatic carboxylic acids is 1. The maximum atomic E-state index is 11.6. The molecular formula is C12H20N2O7. The van der Waals surface area contributed by atoms with Crippen molar-refractivity contribution in [3.63, 3.8) is 0 Å². The molecule has 0 aromatic rings. The van der Waals surface area contributed by atoms with Gasteiger partial charge in [-0.3, -0.25) is 14.4 Å². The van der Waals surface area contributed by atoms with Gasteiger partial charge in [-0.05, 0) is 13.8 Å². The third kappa shape index (κ3) is 7.88. The van der Waals surface area contributed by atoms with Gasteiger partial charge >= 0.3 is 17.9 Å². The van der Waals surface area contributed by atoms with E-state index in [0.29, 0.717) is 0 Å². The van der Waals surface area contributed by atoms with Gasteiger partial charge in [0.15, 0.2) is 0 Å². The van der Waals surface area contributed by atoms with Gasteiger partial charge in [-0.15, -0.1) is 0 Å². The Morgan fingerprint density at radius 2 is 1.67 bits per heavy atom. The zero-order valence-corrected chi connectivity index (χ0v) is 12.0. The molecule has 0 aromatic heterocycles. The number of carbonyl (C=O) groups is 4. The summed E-state index contributed by atoms with van der Waals surface area (Å²) in [6, 6.07) is -2.63. The highest BCUT2D eigenvalue weighted by Crippen LogP contribution is 2.01. The number of rotatable bonds is 9. The Morgan fingerprint density at radius 1 is 1.10 bits per heavy atom. The highest BCUT2D eigenvalue weighted by molar-refractivity contribution is 5.90. The van der Waals surface area contributed by atoms with E-state index in [1.54, 1.807) is 13.8 Å². The molecule has 0 aliphatic heterocycles. The van der Waals surface area contributed by atoms with Crippen molar-refractivity contribution in [1.29, 1.82) is 0 Å². The number of hydrogen-bond acceptors (Lipinski definition) is 7. The first-order valence-electron chi connectivity index (χ1n) is 6.41. The van der Waals surface area contributed by atoms with E-state index < -0.39 is 48.7 Å². The molecule has 21 heavy (non-hydrogen) atoms. The van der Waals surface area contributed by atoms with Gasteiger partial charge in [-0.2, -0.15) is 0 Å². The van der Waals surface area contributed by atoms with Crippen LogP contribution in [0.2, 0.25) is 0 Å². The normalized spacial score (nSPS) is 12.9. The second-order valence-corrected chi connectivity index (χ2v) is 4.03. The van der Waals surface area contributed by atoms with Gasteiger partial charge in [-0.25, -0.2) is 4.79 Å². The van der Waals surface area contributed by atoms with Crippen LogP contribution in [0.15, 0.2) is 0 Å². The first-order valence-corrected chi connectivity index (χ1v) is 6.41. The van der Waals surface area contributed by atoms with Gasteiger partial charge in [0.1, 0.15) is 12.1 Å². The van der Waals surface area contributed by atoms with E-state index in [1.807, 2.05) is 0 Å². The van der Waals surface area contributed by atoms with Crippen LogP contribution in [0.5, 0.6) is 0 Å². The Kier molecular flexibility index (Phi) is 8.70. The van der Waals surface area contributed by atoms with Gasteiger partial charge in [-0.1, -0.05) is 0 Å². The summed E-state index contributed by atoms with van der Waals surface area (Å²) in [5, 5.41) is 10.8. The fraction of sp³-hybridized carbons (Fsp3) is 0.667. The molecule has 1 amide bonds. The molecular weight excluding hydrogens is 284 g/mol. The van der Waals surface area contributed by atoms with Crippen molar-refractivity contribution in [3.05, 3.63) is 0 Å².